The Balaban J connectivity index is 1.73. The van der Waals surface area contributed by atoms with Crippen LogP contribution in [0.2, 0.25) is 0 Å². The number of hydrogen-bond acceptors (Lipinski definition) is 6. The van der Waals surface area contributed by atoms with E-state index in [1.165, 1.54) is 0 Å². The number of rotatable bonds is 7. The zero-order chi connectivity index (χ0) is 18.1. The topological polar surface area (TPSA) is 80.2 Å². The van der Waals surface area contributed by atoms with Crippen LogP contribution in [0.15, 0.2) is 17.1 Å². The van der Waals surface area contributed by atoms with Crippen molar-refractivity contribution in [3.63, 3.8) is 0 Å². The Labute approximate surface area is 154 Å². The molecule has 2 heterocycles. The molecule has 1 unspecified atom stereocenters. The van der Waals surface area contributed by atoms with E-state index < -0.39 is 10.0 Å². The Morgan fingerprint density at radius 2 is 2.19 bits per heavy atom. The lowest BCUT2D eigenvalue weighted by atomic mass is 9.98. The number of sulfonamides is 1. The van der Waals surface area contributed by atoms with Crippen LogP contribution in [0.1, 0.15) is 44.2 Å². The van der Waals surface area contributed by atoms with Crippen LogP contribution < -0.4 is 14.2 Å². The van der Waals surface area contributed by atoms with Gasteiger partial charge in [-0.25, -0.2) is 8.42 Å². The Morgan fingerprint density at radius 1 is 1.35 bits per heavy atom. The van der Waals surface area contributed by atoms with Gasteiger partial charge in [-0.3, -0.25) is 9.71 Å². The third-order valence-electron chi connectivity index (χ3n) is 4.81. The van der Waals surface area contributed by atoms with Crippen molar-refractivity contribution in [3.05, 3.63) is 17.7 Å². The van der Waals surface area contributed by atoms with Gasteiger partial charge in [0.2, 0.25) is 10.0 Å². The molecule has 0 amide bonds. The van der Waals surface area contributed by atoms with E-state index in [0.717, 1.165) is 37.9 Å². The molecule has 2 aliphatic heterocycles. The molecule has 8 heteroatoms. The van der Waals surface area contributed by atoms with Crippen LogP contribution >= 0.6 is 0 Å². The molecule has 0 bridgehead atoms. The maximum Gasteiger partial charge on any atom is 0.232 e. The SMILES string of the molecule is CCCS(=O)(=O)Nc1c(OC2CC2)ccc2c1OCCC2N1C=NCC1. The summed E-state index contributed by atoms with van der Waals surface area (Å²) in [5.41, 5.74) is 1.44. The number of aliphatic imine (C=N–C) groups is 1. The predicted molar refractivity (Wildman–Crippen MR) is 101 cm³/mol. The molecule has 0 spiro atoms. The standard InChI is InChI=1S/C18H25N3O4S/c1-2-11-26(22,23)20-17-16(25-13-3-4-13)6-5-14-15(7-10-24-18(14)17)21-9-8-19-12-21/h5-6,12-13,15,20H,2-4,7-11H2,1H3. The molecule has 0 aromatic heterocycles. The average molecular weight is 379 g/mol. The van der Waals surface area contributed by atoms with E-state index in [1.807, 2.05) is 25.4 Å². The Hall–Kier alpha value is -1.96. The molecular weight excluding hydrogens is 354 g/mol. The highest BCUT2D eigenvalue weighted by Crippen LogP contribution is 2.47. The first-order chi connectivity index (χ1) is 12.6. The molecule has 1 N–H and O–H groups in total. The molecule has 1 fully saturated rings. The third kappa shape index (κ3) is 3.60. The van der Waals surface area contributed by atoms with E-state index in [9.17, 15) is 8.42 Å². The lowest BCUT2D eigenvalue weighted by molar-refractivity contribution is 0.209. The summed E-state index contributed by atoms with van der Waals surface area (Å²) in [6.45, 7) is 4.06. The lowest BCUT2D eigenvalue weighted by Gasteiger charge is -2.34. The van der Waals surface area contributed by atoms with E-state index >= 15 is 0 Å². The second-order valence-electron chi connectivity index (χ2n) is 7.01. The van der Waals surface area contributed by atoms with E-state index in [1.54, 1.807) is 0 Å². The third-order valence-corrected chi connectivity index (χ3v) is 6.27. The molecule has 0 saturated heterocycles. The highest BCUT2D eigenvalue weighted by atomic mass is 32.2. The second-order valence-corrected chi connectivity index (χ2v) is 8.85. The van der Waals surface area contributed by atoms with Crippen LogP contribution in [0.4, 0.5) is 5.69 Å². The molecule has 0 radical (unpaired) electrons. The van der Waals surface area contributed by atoms with Gasteiger partial charge in [0.15, 0.2) is 5.75 Å². The summed E-state index contributed by atoms with van der Waals surface area (Å²) in [5, 5.41) is 0. The van der Waals surface area contributed by atoms with E-state index in [0.29, 0.717) is 30.2 Å². The van der Waals surface area contributed by atoms with Crippen LogP contribution in [-0.2, 0) is 10.0 Å². The minimum atomic E-state index is -3.44. The molecule has 1 saturated carbocycles. The van der Waals surface area contributed by atoms with Crippen molar-refractivity contribution >= 4 is 22.0 Å². The van der Waals surface area contributed by atoms with Gasteiger partial charge in [-0.1, -0.05) is 6.92 Å². The number of benzene rings is 1. The maximum atomic E-state index is 12.4. The summed E-state index contributed by atoms with van der Waals surface area (Å²) in [6, 6.07) is 4.02. The van der Waals surface area contributed by atoms with Gasteiger partial charge in [0, 0.05) is 18.5 Å². The van der Waals surface area contributed by atoms with Gasteiger partial charge < -0.3 is 14.4 Å². The van der Waals surface area contributed by atoms with E-state index in [4.69, 9.17) is 9.47 Å². The fraction of sp³-hybridized carbons (Fsp3) is 0.611. The second kappa shape index (κ2) is 6.98. The minimum Gasteiger partial charge on any atom is -0.491 e. The number of nitrogens with one attached hydrogen (secondary N) is 1. The van der Waals surface area contributed by atoms with Crippen molar-refractivity contribution in [2.75, 3.05) is 30.2 Å². The maximum absolute atomic E-state index is 12.4. The fourth-order valence-corrected chi connectivity index (χ4v) is 4.58. The fourth-order valence-electron chi connectivity index (χ4n) is 3.44. The first-order valence-electron chi connectivity index (χ1n) is 9.30. The molecule has 3 aliphatic rings. The van der Waals surface area contributed by atoms with Crippen molar-refractivity contribution in [2.45, 2.75) is 44.8 Å². The van der Waals surface area contributed by atoms with Gasteiger partial charge in [-0.15, -0.1) is 0 Å². The van der Waals surface area contributed by atoms with Gasteiger partial charge in [-0.05, 0) is 31.4 Å². The van der Waals surface area contributed by atoms with Gasteiger partial charge in [-0.2, -0.15) is 0 Å². The summed E-state index contributed by atoms with van der Waals surface area (Å²) in [5.74, 6) is 1.22. The molecule has 1 atom stereocenters. The number of nitrogens with zero attached hydrogens (tertiary/aromatic N) is 2. The van der Waals surface area contributed by atoms with Gasteiger partial charge in [0.05, 0.1) is 37.4 Å². The van der Waals surface area contributed by atoms with E-state index in [-0.39, 0.29) is 17.9 Å². The Bertz CT molecular complexity index is 805. The van der Waals surface area contributed by atoms with Crippen molar-refractivity contribution in [1.82, 2.24) is 4.90 Å². The summed E-state index contributed by atoms with van der Waals surface area (Å²) in [4.78, 5) is 6.51. The molecular formula is C18H25N3O4S. The van der Waals surface area contributed by atoms with Crippen LogP contribution in [0.3, 0.4) is 0 Å². The van der Waals surface area contributed by atoms with Gasteiger partial charge in [0.25, 0.3) is 0 Å². The first-order valence-corrected chi connectivity index (χ1v) is 10.9. The summed E-state index contributed by atoms with van der Waals surface area (Å²) >= 11 is 0. The molecule has 142 valence electrons. The van der Waals surface area contributed by atoms with Gasteiger partial charge in [0.1, 0.15) is 11.4 Å². The number of hydrogen-bond donors (Lipinski definition) is 1. The molecule has 7 nitrogen and oxygen atoms in total. The zero-order valence-corrected chi connectivity index (χ0v) is 15.8. The highest BCUT2D eigenvalue weighted by Gasteiger charge is 2.33. The largest absolute Gasteiger partial charge is 0.491 e. The molecule has 1 aromatic carbocycles. The Kier molecular flexibility index (Phi) is 4.69. The first kappa shape index (κ1) is 17.5. The van der Waals surface area contributed by atoms with Crippen LogP contribution in [0.25, 0.3) is 0 Å². The van der Waals surface area contributed by atoms with Crippen LogP contribution in [0.5, 0.6) is 11.5 Å². The summed E-state index contributed by atoms with van der Waals surface area (Å²) < 4.78 is 39.5. The molecule has 26 heavy (non-hydrogen) atoms. The van der Waals surface area contributed by atoms with Gasteiger partial charge >= 0.3 is 0 Å². The minimum absolute atomic E-state index is 0.0712. The van der Waals surface area contributed by atoms with Crippen molar-refractivity contribution in [1.29, 1.82) is 0 Å². The lowest BCUT2D eigenvalue weighted by Crippen LogP contribution is -2.31. The Morgan fingerprint density at radius 3 is 2.88 bits per heavy atom. The number of anilines is 1. The number of fused-ring (bicyclic) bond motifs is 1. The zero-order valence-electron chi connectivity index (χ0n) is 15.0. The highest BCUT2D eigenvalue weighted by molar-refractivity contribution is 7.92. The smallest absolute Gasteiger partial charge is 0.232 e. The summed E-state index contributed by atoms with van der Waals surface area (Å²) in [7, 11) is -3.44. The normalized spacial score (nSPS) is 22.0. The van der Waals surface area contributed by atoms with Crippen molar-refractivity contribution < 1.29 is 17.9 Å². The van der Waals surface area contributed by atoms with Crippen molar-refractivity contribution in [3.8, 4) is 11.5 Å². The summed E-state index contributed by atoms with van der Waals surface area (Å²) in [6.07, 6.45) is 5.47. The monoisotopic (exact) mass is 379 g/mol. The van der Waals surface area contributed by atoms with Crippen LogP contribution in [0, 0.1) is 0 Å². The predicted octanol–water partition coefficient (Wildman–Crippen LogP) is 2.55. The van der Waals surface area contributed by atoms with Crippen LogP contribution in [-0.4, -0.2) is 51.2 Å². The van der Waals surface area contributed by atoms with Crippen molar-refractivity contribution in [2.24, 2.45) is 4.99 Å². The molecule has 4 rings (SSSR count). The molecule has 1 aromatic rings. The average Bonchev–Trinajstić information content (AvgIpc) is 3.26. The quantitative estimate of drug-likeness (QED) is 0.787. The van der Waals surface area contributed by atoms with E-state index in [2.05, 4.69) is 14.6 Å². The number of ether oxygens (including phenoxy) is 2. The molecule has 1 aliphatic carbocycles.